The third-order valence-corrected chi connectivity index (χ3v) is 4.88. The molecule has 2 aromatic carbocycles. The average Bonchev–Trinajstić information content (AvgIpc) is 3.51. The van der Waals surface area contributed by atoms with Crippen molar-refractivity contribution in [1.82, 2.24) is 10.2 Å². The molecule has 0 saturated heterocycles. The lowest BCUT2D eigenvalue weighted by Crippen LogP contribution is -2.37. The fraction of sp³-hybridized carbons (Fsp3) is 0.409. The van der Waals surface area contributed by atoms with Crippen molar-refractivity contribution >= 4 is 5.91 Å². The summed E-state index contributed by atoms with van der Waals surface area (Å²) < 4.78 is 10.5. The highest BCUT2D eigenvalue weighted by molar-refractivity contribution is 5.78. The SMILES string of the molecule is COc1ccc(C(NC(=O)CN(C)Cc2cccc(OC)c2)C2CC2)cc1. The van der Waals surface area contributed by atoms with Gasteiger partial charge in [-0.15, -0.1) is 0 Å². The Bertz CT molecular complexity index is 756. The van der Waals surface area contributed by atoms with Crippen LogP contribution >= 0.6 is 0 Å². The van der Waals surface area contributed by atoms with Gasteiger partial charge in [-0.3, -0.25) is 9.69 Å². The number of likely N-dealkylation sites (N-methyl/N-ethyl adjacent to an activating group) is 1. The molecule has 27 heavy (non-hydrogen) atoms. The topological polar surface area (TPSA) is 50.8 Å². The molecule has 0 spiro atoms. The number of ether oxygens (including phenoxy) is 2. The monoisotopic (exact) mass is 368 g/mol. The molecular formula is C22H28N2O3. The average molecular weight is 368 g/mol. The highest BCUT2D eigenvalue weighted by Crippen LogP contribution is 2.41. The van der Waals surface area contributed by atoms with E-state index in [1.807, 2.05) is 60.5 Å². The Morgan fingerprint density at radius 1 is 1.11 bits per heavy atom. The van der Waals surface area contributed by atoms with Gasteiger partial charge in [0, 0.05) is 6.54 Å². The second-order valence-corrected chi connectivity index (χ2v) is 7.18. The molecule has 1 saturated carbocycles. The molecule has 0 radical (unpaired) electrons. The standard InChI is InChI=1S/C22H28N2O3/c1-24(14-16-5-4-6-20(13-16)27-3)15-21(25)23-22(17-7-8-17)18-9-11-19(26-2)12-10-18/h4-6,9-13,17,22H,7-8,14-15H2,1-3H3,(H,23,25). The summed E-state index contributed by atoms with van der Waals surface area (Å²) in [5.41, 5.74) is 2.26. The highest BCUT2D eigenvalue weighted by Gasteiger charge is 2.33. The van der Waals surface area contributed by atoms with E-state index in [2.05, 4.69) is 5.32 Å². The first-order chi connectivity index (χ1) is 13.1. The largest absolute Gasteiger partial charge is 0.497 e. The van der Waals surface area contributed by atoms with E-state index < -0.39 is 0 Å². The number of carbonyl (C=O) groups is 1. The Morgan fingerprint density at radius 2 is 1.81 bits per heavy atom. The van der Waals surface area contributed by atoms with Crippen molar-refractivity contribution in [2.24, 2.45) is 5.92 Å². The fourth-order valence-electron chi connectivity index (χ4n) is 3.32. The second kappa shape index (κ2) is 8.91. The van der Waals surface area contributed by atoms with Gasteiger partial charge in [-0.05, 0) is 61.2 Å². The number of amides is 1. The van der Waals surface area contributed by atoms with Crippen molar-refractivity contribution in [3.8, 4) is 11.5 Å². The van der Waals surface area contributed by atoms with Crippen molar-refractivity contribution in [3.63, 3.8) is 0 Å². The molecule has 2 aromatic rings. The molecule has 144 valence electrons. The quantitative estimate of drug-likeness (QED) is 0.737. The molecule has 1 aliphatic rings. The summed E-state index contributed by atoms with van der Waals surface area (Å²) in [4.78, 5) is 14.6. The maximum atomic E-state index is 12.6. The van der Waals surface area contributed by atoms with E-state index in [1.54, 1.807) is 14.2 Å². The van der Waals surface area contributed by atoms with Gasteiger partial charge in [-0.25, -0.2) is 0 Å². The number of carbonyl (C=O) groups excluding carboxylic acids is 1. The van der Waals surface area contributed by atoms with Crippen LogP contribution in [0, 0.1) is 5.92 Å². The summed E-state index contributed by atoms with van der Waals surface area (Å²) in [6.07, 6.45) is 2.33. The number of rotatable bonds is 9. The van der Waals surface area contributed by atoms with Crippen LogP contribution < -0.4 is 14.8 Å². The van der Waals surface area contributed by atoms with Crippen molar-refractivity contribution in [2.45, 2.75) is 25.4 Å². The minimum Gasteiger partial charge on any atom is -0.497 e. The lowest BCUT2D eigenvalue weighted by molar-refractivity contribution is -0.123. The molecule has 0 bridgehead atoms. The number of hydrogen-bond donors (Lipinski definition) is 1. The summed E-state index contributed by atoms with van der Waals surface area (Å²) in [5.74, 6) is 2.25. The maximum Gasteiger partial charge on any atom is 0.234 e. The van der Waals surface area contributed by atoms with Gasteiger partial charge in [-0.2, -0.15) is 0 Å². The lowest BCUT2D eigenvalue weighted by Gasteiger charge is -2.22. The Hall–Kier alpha value is -2.53. The predicted molar refractivity (Wildman–Crippen MR) is 106 cm³/mol. The summed E-state index contributed by atoms with van der Waals surface area (Å²) in [5, 5.41) is 3.23. The van der Waals surface area contributed by atoms with Crippen LogP contribution in [0.3, 0.4) is 0 Å². The van der Waals surface area contributed by atoms with Gasteiger partial charge in [0.15, 0.2) is 0 Å². The number of methoxy groups -OCH3 is 2. The van der Waals surface area contributed by atoms with Crippen LogP contribution in [-0.2, 0) is 11.3 Å². The predicted octanol–water partition coefficient (Wildman–Crippen LogP) is 3.40. The molecule has 1 N–H and O–H groups in total. The molecule has 0 aromatic heterocycles. The number of nitrogens with zero attached hydrogens (tertiary/aromatic N) is 1. The third kappa shape index (κ3) is 5.47. The Kier molecular flexibility index (Phi) is 6.35. The van der Waals surface area contributed by atoms with Crippen molar-refractivity contribution < 1.29 is 14.3 Å². The molecule has 1 amide bonds. The van der Waals surface area contributed by atoms with Crippen molar-refractivity contribution in [2.75, 3.05) is 27.8 Å². The van der Waals surface area contributed by atoms with E-state index in [0.717, 1.165) is 35.5 Å². The first-order valence-electron chi connectivity index (χ1n) is 9.34. The van der Waals surface area contributed by atoms with Gasteiger partial charge in [0.25, 0.3) is 0 Å². The van der Waals surface area contributed by atoms with E-state index in [1.165, 1.54) is 0 Å². The molecule has 1 aliphatic carbocycles. The molecule has 0 aliphatic heterocycles. The lowest BCUT2D eigenvalue weighted by atomic mass is 10.0. The first-order valence-corrected chi connectivity index (χ1v) is 9.34. The zero-order valence-electron chi connectivity index (χ0n) is 16.3. The third-order valence-electron chi connectivity index (χ3n) is 4.88. The van der Waals surface area contributed by atoms with Gasteiger partial charge in [0.05, 0.1) is 26.8 Å². The van der Waals surface area contributed by atoms with Gasteiger partial charge < -0.3 is 14.8 Å². The highest BCUT2D eigenvalue weighted by atomic mass is 16.5. The van der Waals surface area contributed by atoms with Crippen LogP contribution in [-0.4, -0.2) is 38.6 Å². The smallest absolute Gasteiger partial charge is 0.234 e. The van der Waals surface area contributed by atoms with Crippen LogP contribution in [0.4, 0.5) is 0 Å². The van der Waals surface area contributed by atoms with Crippen LogP contribution in [0.25, 0.3) is 0 Å². The van der Waals surface area contributed by atoms with Gasteiger partial charge >= 0.3 is 0 Å². The number of nitrogens with one attached hydrogen (secondary N) is 1. The summed E-state index contributed by atoms with van der Waals surface area (Å²) in [6, 6.07) is 16.0. The minimum atomic E-state index is 0.0492. The van der Waals surface area contributed by atoms with E-state index in [4.69, 9.17) is 9.47 Å². The van der Waals surface area contributed by atoms with Gasteiger partial charge in [-0.1, -0.05) is 24.3 Å². The van der Waals surface area contributed by atoms with Crippen LogP contribution in [0.2, 0.25) is 0 Å². The van der Waals surface area contributed by atoms with Crippen LogP contribution in [0.15, 0.2) is 48.5 Å². The maximum absolute atomic E-state index is 12.6. The Balaban J connectivity index is 1.57. The molecule has 1 fully saturated rings. The molecule has 1 unspecified atom stereocenters. The summed E-state index contributed by atoms with van der Waals surface area (Å²) >= 11 is 0. The molecule has 1 atom stereocenters. The summed E-state index contributed by atoms with van der Waals surface area (Å²) in [6.45, 7) is 1.05. The van der Waals surface area contributed by atoms with E-state index in [0.29, 0.717) is 19.0 Å². The fourth-order valence-corrected chi connectivity index (χ4v) is 3.32. The molecule has 3 rings (SSSR count). The molecular weight excluding hydrogens is 340 g/mol. The Morgan fingerprint density at radius 3 is 2.44 bits per heavy atom. The number of hydrogen-bond acceptors (Lipinski definition) is 4. The zero-order valence-corrected chi connectivity index (χ0v) is 16.3. The van der Waals surface area contributed by atoms with Crippen molar-refractivity contribution in [3.05, 3.63) is 59.7 Å². The normalized spacial score (nSPS) is 14.7. The minimum absolute atomic E-state index is 0.0492. The molecule has 0 heterocycles. The Labute approximate surface area is 161 Å². The van der Waals surface area contributed by atoms with Crippen LogP contribution in [0.1, 0.15) is 30.0 Å². The zero-order chi connectivity index (χ0) is 19.2. The first kappa shape index (κ1) is 19.2. The second-order valence-electron chi connectivity index (χ2n) is 7.18. The van der Waals surface area contributed by atoms with Gasteiger partial charge in [0.1, 0.15) is 11.5 Å². The van der Waals surface area contributed by atoms with Gasteiger partial charge in [0.2, 0.25) is 5.91 Å². The number of benzene rings is 2. The van der Waals surface area contributed by atoms with E-state index in [-0.39, 0.29) is 11.9 Å². The van der Waals surface area contributed by atoms with Crippen molar-refractivity contribution in [1.29, 1.82) is 0 Å². The van der Waals surface area contributed by atoms with Crippen LogP contribution in [0.5, 0.6) is 11.5 Å². The van der Waals surface area contributed by atoms with E-state index in [9.17, 15) is 4.79 Å². The van der Waals surface area contributed by atoms with E-state index >= 15 is 0 Å². The summed E-state index contributed by atoms with van der Waals surface area (Å²) in [7, 11) is 5.28. The molecule has 5 nitrogen and oxygen atoms in total. The molecule has 5 heteroatoms.